The van der Waals surface area contributed by atoms with Crippen molar-refractivity contribution in [1.29, 1.82) is 0 Å². The fraction of sp³-hybridized carbons (Fsp3) is 0.0625. The third-order valence-electron chi connectivity index (χ3n) is 3.39. The van der Waals surface area contributed by atoms with Crippen LogP contribution in [0.3, 0.4) is 0 Å². The average Bonchev–Trinajstić information content (AvgIpc) is 2.47. The van der Waals surface area contributed by atoms with Crippen molar-refractivity contribution in [2.75, 3.05) is 0 Å². The molecule has 0 saturated heterocycles. The largest absolute Gasteiger partial charge is 0.507 e. The first-order chi connectivity index (χ1) is 10.4. The number of alkyl halides is 3. The highest BCUT2D eigenvalue weighted by atomic mass is 19.4. The molecule has 0 amide bonds. The molecule has 3 aromatic rings. The predicted molar refractivity (Wildman–Crippen MR) is 76.7 cm³/mol. The van der Waals surface area contributed by atoms with E-state index in [9.17, 15) is 23.1 Å². The fourth-order valence-corrected chi connectivity index (χ4v) is 2.27. The molecule has 0 radical (unpaired) electrons. The molecule has 6 heteroatoms. The van der Waals surface area contributed by atoms with Gasteiger partial charge < -0.3 is 10.1 Å². The molecule has 0 aliphatic carbocycles. The number of rotatable bonds is 1. The molecule has 3 nitrogen and oxygen atoms in total. The molecule has 0 spiro atoms. The molecule has 22 heavy (non-hydrogen) atoms. The van der Waals surface area contributed by atoms with Gasteiger partial charge >= 0.3 is 6.18 Å². The van der Waals surface area contributed by atoms with Crippen LogP contribution >= 0.6 is 0 Å². The quantitative estimate of drug-likeness (QED) is 0.716. The Bertz CT molecular complexity index is 896. The minimum absolute atomic E-state index is 0.0586. The molecule has 2 aromatic carbocycles. The van der Waals surface area contributed by atoms with Crippen LogP contribution in [0.5, 0.6) is 5.75 Å². The Hall–Kier alpha value is -2.76. The monoisotopic (exact) mass is 305 g/mol. The van der Waals surface area contributed by atoms with Crippen molar-refractivity contribution in [3.05, 3.63) is 64.4 Å². The summed E-state index contributed by atoms with van der Waals surface area (Å²) in [5.74, 6) is -0.0586. The molecule has 0 aliphatic heterocycles. The first-order valence-electron chi connectivity index (χ1n) is 6.39. The van der Waals surface area contributed by atoms with Crippen molar-refractivity contribution in [1.82, 2.24) is 4.98 Å². The van der Waals surface area contributed by atoms with Gasteiger partial charge in [0.1, 0.15) is 5.75 Å². The number of H-pyrrole nitrogens is 1. The van der Waals surface area contributed by atoms with E-state index in [1.165, 1.54) is 24.3 Å². The highest BCUT2D eigenvalue weighted by molar-refractivity contribution is 5.90. The summed E-state index contributed by atoms with van der Waals surface area (Å²) in [7, 11) is 0. The van der Waals surface area contributed by atoms with Crippen LogP contribution in [0.15, 0.2) is 53.3 Å². The van der Waals surface area contributed by atoms with Gasteiger partial charge in [-0.05, 0) is 35.9 Å². The maximum Gasteiger partial charge on any atom is 0.416 e. The van der Waals surface area contributed by atoms with Gasteiger partial charge in [-0.2, -0.15) is 13.2 Å². The van der Waals surface area contributed by atoms with E-state index in [0.717, 1.165) is 12.1 Å². The number of aromatic nitrogens is 1. The van der Waals surface area contributed by atoms with E-state index in [1.807, 2.05) is 0 Å². The molecule has 0 saturated carbocycles. The number of phenols is 1. The first-order valence-corrected chi connectivity index (χ1v) is 6.39. The van der Waals surface area contributed by atoms with Crippen molar-refractivity contribution in [3.63, 3.8) is 0 Å². The second-order valence-corrected chi connectivity index (χ2v) is 4.83. The lowest BCUT2D eigenvalue weighted by atomic mass is 10.0. The molecule has 3 rings (SSSR count). The number of phenolic OH excluding ortho intramolecular Hbond substituents is 1. The van der Waals surface area contributed by atoms with Crippen molar-refractivity contribution in [3.8, 4) is 17.0 Å². The molecule has 1 aromatic heterocycles. The summed E-state index contributed by atoms with van der Waals surface area (Å²) in [6.07, 6.45) is -4.41. The Morgan fingerprint density at radius 2 is 1.64 bits per heavy atom. The van der Waals surface area contributed by atoms with Gasteiger partial charge in [0.2, 0.25) is 0 Å². The van der Waals surface area contributed by atoms with Crippen LogP contribution in [-0.4, -0.2) is 10.1 Å². The second-order valence-electron chi connectivity index (χ2n) is 4.83. The Morgan fingerprint density at radius 3 is 2.27 bits per heavy atom. The lowest BCUT2D eigenvalue weighted by Crippen LogP contribution is -2.07. The van der Waals surface area contributed by atoms with Crippen LogP contribution in [0, 0.1) is 0 Å². The van der Waals surface area contributed by atoms with Crippen LogP contribution in [0.2, 0.25) is 0 Å². The van der Waals surface area contributed by atoms with Gasteiger partial charge in [0, 0.05) is 11.1 Å². The number of aromatic hydroxyl groups is 1. The summed E-state index contributed by atoms with van der Waals surface area (Å²) < 4.78 is 37.7. The number of nitrogens with one attached hydrogen (secondary N) is 1. The van der Waals surface area contributed by atoms with Crippen molar-refractivity contribution >= 4 is 10.8 Å². The number of aromatic amines is 1. The molecule has 0 fully saturated rings. The predicted octanol–water partition coefficient (Wildman–Crippen LogP) is 3.92. The Balaban J connectivity index is 2.15. The highest BCUT2D eigenvalue weighted by Crippen LogP contribution is 2.31. The smallest absolute Gasteiger partial charge is 0.416 e. The highest BCUT2D eigenvalue weighted by Gasteiger charge is 2.30. The van der Waals surface area contributed by atoms with E-state index in [2.05, 4.69) is 4.98 Å². The molecule has 1 heterocycles. The standard InChI is InChI=1S/C16H10F3NO2/c17-16(18,19)10-6-4-9(5-7-10)13-8-12-11(15(22)20-13)2-1-3-14(12)21/h1-8,21H,(H,20,22). The van der Waals surface area contributed by atoms with E-state index in [0.29, 0.717) is 22.0 Å². The van der Waals surface area contributed by atoms with Gasteiger partial charge in [-0.3, -0.25) is 4.79 Å². The Morgan fingerprint density at radius 1 is 0.955 bits per heavy atom. The van der Waals surface area contributed by atoms with Gasteiger partial charge in [-0.15, -0.1) is 0 Å². The normalized spacial score (nSPS) is 11.8. The minimum atomic E-state index is -4.41. The maximum atomic E-state index is 12.6. The van der Waals surface area contributed by atoms with E-state index in [-0.39, 0.29) is 5.75 Å². The summed E-state index contributed by atoms with van der Waals surface area (Å²) >= 11 is 0. The van der Waals surface area contributed by atoms with E-state index in [4.69, 9.17) is 0 Å². The zero-order chi connectivity index (χ0) is 15.9. The molecule has 0 aliphatic rings. The number of benzene rings is 2. The number of hydrogen-bond acceptors (Lipinski definition) is 2. The molecular formula is C16H10F3NO2. The summed E-state index contributed by atoms with van der Waals surface area (Å²) in [6.45, 7) is 0. The zero-order valence-corrected chi connectivity index (χ0v) is 11.1. The second kappa shape index (κ2) is 4.91. The van der Waals surface area contributed by atoms with Crippen LogP contribution in [-0.2, 0) is 6.18 Å². The van der Waals surface area contributed by atoms with Gasteiger partial charge in [-0.1, -0.05) is 18.2 Å². The van der Waals surface area contributed by atoms with Crippen molar-refractivity contribution in [2.24, 2.45) is 0 Å². The van der Waals surface area contributed by atoms with Crippen LogP contribution in [0.25, 0.3) is 22.0 Å². The van der Waals surface area contributed by atoms with Crippen LogP contribution in [0.1, 0.15) is 5.56 Å². The molecular weight excluding hydrogens is 295 g/mol. The summed E-state index contributed by atoms with van der Waals surface area (Å²) in [6, 6.07) is 10.5. The SMILES string of the molecule is O=c1[nH]c(-c2ccc(C(F)(F)F)cc2)cc2c(O)cccc12. The first kappa shape index (κ1) is 14.2. The lowest BCUT2D eigenvalue weighted by molar-refractivity contribution is -0.137. The van der Waals surface area contributed by atoms with Gasteiger partial charge in [-0.25, -0.2) is 0 Å². The molecule has 0 unspecified atom stereocenters. The summed E-state index contributed by atoms with van der Waals surface area (Å²) in [5.41, 5.74) is -0.409. The lowest BCUT2D eigenvalue weighted by Gasteiger charge is -2.08. The molecule has 0 atom stereocenters. The van der Waals surface area contributed by atoms with Crippen molar-refractivity contribution in [2.45, 2.75) is 6.18 Å². The zero-order valence-electron chi connectivity index (χ0n) is 11.1. The Labute approximate surface area is 122 Å². The topological polar surface area (TPSA) is 53.1 Å². The van der Waals surface area contributed by atoms with Gasteiger partial charge in [0.15, 0.2) is 0 Å². The number of hydrogen-bond donors (Lipinski definition) is 2. The third kappa shape index (κ3) is 2.43. The number of halogens is 3. The summed E-state index contributed by atoms with van der Waals surface area (Å²) in [4.78, 5) is 14.6. The van der Waals surface area contributed by atoms with Gasteiger partial charge in [0.05, 0.1) is 10.9 Å². The maximum absolute atomic E-state index is 12.6. The van der Waals surface area contributed by atoms with Crippen molar-refractivity contribution < 1.29 is 18.3 Å². The third-order valence-corrected chi connectivity index (χ3v) is 3.39. The molecule has 112 valence electrons. The van der Waals surface area contributed by atoms with Crippen LogP contribution < -0.4 is 5.56 Å². The average molecular weight is 305 g/mol. The van der Waals surface area contributed by atoms with E-state index in [1.54, 1.807) is 12.1 Å². The summed E-state index contributed by atoms with van der Waals surface area (Å²) in [5, 5.41) is 10.5. The minimum Gasteiger partial charge on any atom is -0.507 e. The number of pyridine rings is 1. The molecule has 0 bridgehead atoms. The Kier molecular flexibility index (Phi) is 3.16. The van der Waals surface area contributed by atoms with Gasteiger partial charge in [0.25, 0.3) is 5.56 Å². The molecule has 2 N–H and O–H groups in total. The van der Waals surface area contributed by atoms with E-state index < -0.39 is 17.3 Å². The van der Waals surface area contributed by atoms with Crippen LogP contribution in [0.4, 0.5) is 13.2 Å². The fourth-order valence-electron chi connectivity index (χ4n) is 2.27. The van der Waals surface area contributed by atoms with E-state index >= 15 is 0 Å². The number of fused-ring (bicyclic) bond motifs is 1.